The molecule has 2 atom stereocenters. The Hall–Kier alpha value is -1.11. The molecule has 0 amide bonds. The first-order valence-corrected chi connectivity index (χ1v) is 10.1. The summed E-state index contributed by atoms with van der Waals surface area (Å²) in [7, 11) is -3.33. The second-order valence-corrected chi connectivity index (χ2v) is 8.96. The molecule has 6 heteroatoms. The number of aliphatic hydroxyl groups excluding tert-OH is 1. The van der Waals surface area contributed by atoms with Crippen LogP contribution in [0.2, 0.25) is 0 Å². The molecule has 3 heterocycles. The van der Waals surface area contributed by atoms with Crippen molar-refractivity contribution in [2.24, 2.45) is 0 Å². The minimum atomic E-state index is -3.33. The van der Waals surface area contributed by atoms with Gasteiger partial charge in [0.15, 0.2) is 0 Å². The number of rotatable bonds is 3. The topological polar surface area (TPSA) is 60.9 Å². The molecule has 3 aliphatic rings. The van der Waals surface area contributed by atoms with Crippen molar-refractivity contribution in [3.8, 4) is 0 Å². The van der Waals surface area contributed by atoms with Crippen LogP contribution in [-0.4, -0.2) is 49.1 Å². The van der Waals surface area contributed by atoms with Crippen LogP contribution in [0.1, 0.15) is 38.5 Å². The summed E-state index contributed by atoms with van der Waals surface area (Å²) in [6.45, 7) is 1.27. The molecule has 4 rings (SSSR count). The first kappa shape index (κ1) is 15.4. The Morgan fingerprint density at radius 3 is 2.09 bits per heavy atom. The van der Waals surface area contributed by atoms with Gasteiger partial charge < -0.3 is 10.0 Å². The molecular weight excluding hydrogens is 312 g/mol. The van der Waals surface area contributed by atoms with E-state index in [1.165, 1.54) is 0 Å². The average molecular weight is 336 g/mol. The molecule has 126 valence electrons. The second-order valence-electron chi connectivity index (χ2n) is 7.02. The largest absolute Gasteiger partial charge is 0.393 e. The molecule has 2 bridgehead atoms. The lowest BCUT2D eigenvalue weighted by atomic mass is 9.99. The standard InChI is InChI=1S/C17H24N2O3S/c20-16-11-14-3-4-15(12-16)19(14)13-5-7-17(8-6-13)23(21,22)18-9-1-2-10-18/h5-8,14-16,20H,1-4,9-12H2. The third kappa shape index (κ3) is 2.66. The number of fused-ring (bicyclic) bond motifs is 2. The highest BCUT2D eigenvalue weighted by molar-refractivity contribution is 7.89. The van der Waals surface area contributed by atoms with Gasteiger partial charge in [0.1, 0.15) is 0 Å². The van der Waals surface area contributed by atoms with E-state index in [2.05, 4.69) is 4.90 Å². The van der Waals surface area contributed by atoms with Gasteiger partial charge in [-0.25, -0.2) is 8.42 Å². The molecule has 1 aromatic rings. The van der Waals surface area contributed by atoms with Crippen molar-refractivity contribution in [1.82, 2.24) is 4.31 Å². The molecule has 3 saturated heterocycles. The normalized spacial score (nSPS) is 31.7. The van der Waals surface area contributed by atoms with E-state index in [-0.39, 0.29) is 6.10 Å². The minimum absolute atomic E-state index is 0.182. The van der Waals surface area contributed by atoms with Crippen LogP contribution in [0, 0.1) is 0 Å². The molecule has 5 nitrogen and oxygen atoms in total. The Morgan fingerprint density at radius 2 is 1.52 bits per heavy atom. The van der Waals surface area contributed by atoms with Crippen LogP contribution < -0.4 is 4.90 Å². The molecule has 0 radical (unpaired) electrons. The van der Waals surface area contributed by atoms with Gasteiger partial charge >= 0.3 is 0 Å². The summed E-state index contributed by atoms with van der Waals surface area (Å²) in [5.74, 6) is 0. The molecule has 0 spiro atoms. The quantitative estimate of drug-likeness (QED) is 0.917. The number of piperidine rings is 1. The average Bonchev–Trinajstić information content (AvgIpc) is 3.15. The highest BCUT2D eigenvalue weighted by Crippen LogP contribution is 2.39. The second kappa shape index (κ2) is 5.76. The monoisotopic (exact) mass is 336 g/mol. The van der Waals surface area contributed by atoms with Crippen LogP contribution in [0.3, 0.4) is 0 Å². The fourth-order valence-electron chi connectivity index (χ4n) is 4.44. The van der Waals surface area contributed by atoms with Gasteiger partial charge in [-0.05, 0) is 62.8 Å². The predicted molar refractivity (Wildman–Crippen MR) is 89.0 cm³/mol. The maximum atomic E-state index is 12.6. The summed E-state index contributed by atoms with van der Waals surface area (Å²) in [6, 6.07) is 8.15. The van der Waals surface area contributed by atoms with Crippen LogP contribution in [0.15, 0.2) is 29.2 Å². The Bertz CT molecular complexity index is 654. The minimum Gasteiger partial charge on any atom is -0.393 e. The fourth-order valence-corrected chi connectivity index (χ4v) is 5.95. The maximum absolute atomic E-state index is 12.6. The van der Waals surface area contributed by atoms with Crippen LogP contribution >= 0.6 is 0 Å². The Kier molecular flexibility index (Phi) is 3.86. The van der Waals surface area contributed by atoms with Crippen molar-refractivity contribution in [3.05, 3.63) is 24.3 Å². The van der Waals surface area contributed by atoms with Gasteiger partial charge in [0.25, 0.3) is 0 Å². The molecule has 0 aromatic heterocycles. The van der Waals surface area contributed by atoms with Gasteiger partial charge in [-0.2, -0.15) is 4.31 Å². The Morgan fingerprint density at radius 1 is 0.957 bits per heavy atom. The van der Waals surface area contributed by atoms with Gasteiger partial charge in [-0.1, -0.05) is 0 Å². The summed E-state index contributed by atoms with van der Waals surface area (Å²) in [6.07, 6.45) is 5.62. The number of hydrogen-bond donors (Lipinski definition) is 1. The van der Waals surface area contributed by atoms with Gasteiger partial charge in [0.2, 0.25) is 10.0 Å². The number of anilines is 1. The van der Waals surface area contributed by atoms with Crippen LogP contribution in [-0.2, 0) is 10.0 Å². The molecule has 2 unspecified atom stereocenters. The van der Waals surface area contributed by atoms with E-state index in [0.29, 0.717) is 30.1 Å². The predicted octanol–water partition coefficient (Wildman–Crippen LogP) is 1.96. The van der Waals surface area contributed by atoms with Crippen molar-refractivity contribution in [2.45, 2.75) is 61.6 Å². The van der Waals surface area contributed by atoms with E-state index in [9.17, 15) is 13.5 Å². The van der Waals surface area contributed by atoms with Gasteiger partial charge in [-0.3, -0.25) is 0 Å². The van der Waals surface area contributed by atoms with Gasteiger partial charge in [-0.15, -0.1) is 0 Å². The van der Waals surface area contributed by atoms with Crippen molar-refractivity contribution >= 4 is 15.7 Å². The third-order valence-corrected chi connectivity index (χ3v) is 7.46. The number of sulfonamides is 1. The first-order valence-electron chi connectivity index (χ1n) is 8.62. The summed E-state index contributed by atoms with van der Waals surface area (Å²) in [5, 5.41) is 9.92. The lowest BCUT2D eigenvalue weighted by molar-refractivity contribution is 0.126. The number of hydrogen-bond acceptors (Lipinski definition) is 4. The molecule has 1 aromatic carbocycles. The smallest absolute Gasteiger partial charge is 0.243 e. The van der Waals surface area contributed by atoms with Crippen molar-refractivity contribution in [1.29, 1.82) is 0 Å². The maximum Gasteiger partial charge on any atom is 0.243 e. The zero-order valence-corrected chi connectivity index (χ0v) is 14.1. The molecule has 3 fully saturated rings. The molecule has 0 saturated carbocycles. The molecule has 3 aliphatic heterocycles. The lowest BCUT2D eigenvalue weighted by Gasteiger charge is -2.39. The number of aliphatic hydroxyl groups is 1. The van der Waals surface area contributed by atoms with Crippen molar-refractivity contribution < 1.29 is 13.5 Å². The van der Waals surface area contributed by atoms with E-state index in [1.54, 1.807) is 16.4 Å². The first-order chi connectivity index (χ1) is 11.1. The molecule has 23 heavy (non-hydrogen) atoms. The van der Waals surface area contributed by atoms with E-state index < -0.39 is 10.0 Å². The van der Waals surface area contributed by atoms with E-state index in [1.807, 2.05) is 12.1 Å². The molecular formula is C17H24N2O3S. The van der Waals surface area contributed by atoms with Gasteiger partial charge in [0.05, 0.1) is 11.0 Å². The molecule has 1 N–H and O–H groups in total. The fraction of sp³-hybridized carbons (Fsp3) is 0.647. The zero-order valence-electron chi connectivity index (χ0n) is 13.3. The van der Waals surface area contributed by atoms with Crippen molar-refractivity contribution in [2.75, 3.05) is 18.0 Å². The SMILES string of the molecule is O=S(=O)(c1ccc(N2C3CCC2CC(O)C3)cc1)N1CCCC1. The van der Waals surface area contributed by atoms with E-state index in [0.717, 1.165) is 44.2 Å². The van der Waals surface area contributed by atoms with Gasteiger partial charge in [0, 0.05) is 30.9 Å². The zero-order chi connectivity index (χ0) is 16.0. The Balaban J connectivity index is 1.57. The Labute approximate surface area is 138 Å². The summed E-state index contributed by atoms with van der Waals surface area (Å²) in [5.41, 5.74) is 1.09. The summed E-state index contributed by atoms with van der Waals surface area (Å²) >= 11 is 0. The van der Waals surface area contributed by atoms with Crippen LogP contribution in [0.25, 0.3) is 0 Å². The lowest BCUT2D eigenvalue weighted by Crippen LogP contribution is -2.44. The van der Waals surface area contributed by atoms with Crippen LogP contribution in [0.5, 0.6) is 0 Å². The summed E-state index contributed by atoms with van der Waals surface area (Å²) in [4.78, 5) is 2.78. The van der Waals surface area contributed by atoms with Crippen LogP contribution in [0.4, 0.5) is 5.69 Å². The number of nitrogens with zero attached hydrogens (tertiary/aromatic N) is 2. The van der Waals surface area contributed by atoms with E-state index in [4.69, 9.17) is 0 Å². The van der Waals surface area contributed by atoms with E-state index >= 15 is 0 Å². The van der Waals surface area contributed by atoms with Crippen molar-refractivity contribution in [3.63, 3.8) is 0 Å². The highest BCUT2D eigenvalue weighted by Gasteiger charge is 2.40. The summed E-state index contributed by atoms with van der Waals surface area (Å²) < 4.78 is 26.8. The number of benzene rings is 1. The highest BCUT2D eigenvalue weighted by atomic mass is 32.2. The molecule has 0 aliphatic carbocycles. The third-order valence-electron chi connectivity index (χ3n) is 5.55.